The summed E-state index contributed by atoms with van der Waals surface area (Å²) in [5.74, 6) is 0.829. The van der Waals surface area contributed by atoms with E-state index in [1.807, 2.05) is 31.2 Å². The fraction of sp³-hybridized carbons (Fsp3) is 0.636. The van der Waals surface area contributed by atoms with E-state index in [0.717, 1.165) is 37.6 Å². The Hall–Kier alpha value is -1.35. The second-order valence-electron chi connectivity index (χ2n) is 7.50. The van der Waals surface area contributed by atoms with Crippen LogP contribution in [0, 0.1) is 0 Å². The maximum atomic E-state index is 12.2. The molecule has 0 saturated carbocycles. The molecule has 3 N–H and O–H groups in total. The second-order valence-corrected chi connectivity index (χ2v) is 7.50. The summed E-state index contributed by atoms with van der Waals surface area (Å²) >= 11 is 0. The van der Waals surface area contributed by atoms with Crippen LogP contribution in [-0.2, 0) is 6.54 Å². The summed E-state index contributed by atoms with van der Waals surface area (Å²) in [6.07, 6.45) is 4.93. The number of carbonyl (C=O) groups is 1. The predicted molar refractivity (Wildman–Crippen MR) is 132 cm³/mol. The lowest BCUT2D eigenvalue weighted by Crippen LogP contribution is -2.42. The van der Waals surface area contributed by atoms with Gasteiger partial charge in [-0.25, -0.2) is 4.99 Å². The number of hydrogen-bond donors (Lipinski definition) is 3. The number of nitrogens with zero attached hydrogens (tertiary/aromatic N) is 2. The maximum absolute atomic E-state index is 12.2. The highest BCUT2D eigenvalue weighted by Gasteiger charge is 2.10. The number of amides is 1. The van der Waals surface area contributed by atoms with E-state index in [-0.39, 0.29) is 35.9 Å². The van der Waals surface area contributed by atoms with Gasteiger partial charge in [-0.1, -0.05) is 25.5 Å². The zero-order valence-electron chi connectivity index (χ0n) is 18.2. The van der Waals surface area contributed by atoms with Crippen LogP contribution in [0.1, 0.15) is 62.4 Å². The Kier molecular flexibility index (Phi) is 12.9. The summed E-state index contributed by atoms with van der Waals surface area (Å²) in [6.45, 7) is 12.0. The summed E-state index contributed by atoms with van der Waals surface area (Å²) in [6, 6.07) is 7.90. The van der Waals surface area contributed by atoms with E-state index in [9.17, 15) is 4.79 Å². The van der Waals surface area contributed by atoms with E-state index in [1.165, 1.54) is 32.4 Å². The molecule has 1 aliphatic heterocycles. The molecule has 0 bridgehead atoms. The molecule has 2 rings (SSSR count). The van der Waals surface area contributed by atoms with Crippen LogP contribution in [0.5, 0.6) is 0 Å². The molecule has 0 aromatic heterocycles. The van der Waals surface area contributed by atoms with Gasteiger partial charge in [-0.2, -0.15) is 0 Å². The van der Waals surface area contributed by atoms with E-state index in [1.54, 1.807) is 0 Å². The molecule has 1 amide bonds. The fourth-order valence-electron chi connectivity index (χ4n) is 3.20. The second kappa shape index (κ2) is 14.6. The number of guanidine groups is 1. The molecular formula is C22H38IN5O. The Morgan fingerprint density at radius 3 is 2.41 bits per heavy atom. The summed E-state index contributed by atoms with van der Waals surface area (Å²) in [7, 11) is 0. The molecule has 0 radical (unpaired) electrons. The highest BCUT2D eigenvalue weighted by Crippen LogP contribution is 2.08. The van der Waals surface area contributed by atoms with Crippen molar-refractivity contribution in [1.29, 1.82) is 0 Å². The molecule has 1 aliphatic rings. The van der Waals surface area contributed by atoms with Gasteiger partial charge in [0.1, 0.15) is 0 Å². The van der Waals surface area contributed by atoms with Crippen molar-refractivity contribution in [3.8, 4) is 0 Å². The summed E-state index contributed by atoms with van der Waals surface area (Å²) in [5, 5.41) is 9.73. The number of benzene rings is 1. The number of carbonyl (C=O) groups excluding carboxylic acids is 1. The Labute approximate surface area is 193 Å². The van der Waals surface area contributed by atoms with Crippen molar-refractivity contribution < 1.29 is 4.79 Å². The molecule has 7 heteroatoms. The van der Waals surface area contributed by atoms with Gasteiger partial charge in [0.2, 0.25) is 0 Å². The first-order valence-corrected chi connectivity index (χ1v) is 10.8. The number of likely N-dealkylation sites (tertiary alicyclic amines) is 1. The van der Waals surface area contributed by atoms with Crippen LogP contribution in [0.25, 0.3) is 0 Å². The lowest BCUT2D eigenvalue weighted by atomic mass is 10.1. The monoisotopic (exact) mass is 515 g/mol. The smallest absolute Gasteiger partial charge is 0.251 e. The van der Waals surface area contributed by atoms with Crippen LogP contribution in [0.4, 0.5) is 0 Å². The van der Waals surface area contributed by atoms with Gasteiger partial charge < -0.3 is 20.9 Å². The highest BCUT2D eigenvalue weighted by atomic mass is 127. The van der Waals surface area contributed by atoms with Gasteiger partial charge in [0.05, 0.1) is 6.54 Å². The number of halogens is 1. The number of nitrogens with one attached hydrogen (secondary N) is 3. The molecule has 1 atom stereocenters. The minimum atomic E-state index is -0.0166. The molecular weight excluding hydrogens is 477 g/mol. The molecule has 0 aliphatic carbocycles. The number of aliphatic imine (C=N–C) groups is 1. The molecule has 1 fully saturated rings. The molecule has 1 aromatic rings. The normalized spacial score (nSPS) is 15.9. The molecule has 1 heterocycles. The number of piperidine rings is 1. The lowest BCUT2D eigenvalue weighted by molar-refractivity contribution is 0.0939. The van der Waals surface area contributed by atoms with Crippen LogP contribution < -0.4 is 16.0 Å². The Balaban J connectivity index is 0.00000420. The SMILES string of the molecule is CCNC(=NCc1ccc(C(=O)NC(C)CC)cc1)NCCN1CCCCC1.I. The summed E-state index contributed by atoms with van der Waals surface area (Å²) in [4.78, 5) is 19.4. The van der Waals surface area contributed by atoms with Gasteiger partial charge in [0.25, 0.3) is 5.91 Å². The fourth-order valence-corrected chi connectivity index (χ4v) is 3.20. The van der Waals surface area contributed by atoms with Crippen LogP contribution in [0.3, 0.4) is 0 Å². The first kappa shape index (κ1) is 25.7. The van der Waals surface area contributed by atoms with Gasteiger partial charge in [-0.15, -0.1) is 24.0 Å². The van der Waals surface area contributed by atoms with E-state index in [2.05, 4.69) is 39.7 Å². The third-order valence-corrected chi connectivity index (χ3v) is 5.14. The van der Waals surface area contributed by atoms with Crippen molar-refractivity contribution in [2.75, 3.05) is 32.7 Å². The van der Waals surface area contributed by atoms with Crippen molar-refractivity contribution in [3.05, 3.63) is 35.4 Å². The molecule has 29 heavy (non-hydrogen) atoms. The van der Waals surface area contributed by atoms with Gasteiger partial charge in [-0.3, -0.25) is 4.79 Å². The Morgan fingerprint density at radius 2 is 1.79 bits per heavy atom. The van der Waals surface area contributed by atoms with Gasteiger partial charge in [-0.05, 0) is 63.9 Å². The average Bonchev–Trinajstić information content (AvgIpc) is 2.73. The van der Waals surface area contributed by atoms with Crippen LogP contribution in [0.2, 0.25) is 0 Å². The van der Waals surface area contributed by atoms with Crippen LogP contribution in [0.15, 0.2) is 29.3 Å². The van der Waals surface area contributed by atoms with E-state index >= 15 is 0 Å². The summed E-state index contributed by atoms with van der Waals surface area (Å²) in [5.41, 5.74) is 1.79. The quantitative estimate of drug-likeness (QED) is 0.268. The molecule has 1 saturated heterocycles. The standard InChI is InChI=1S/C22H37N5O.HI/c1-4-18(3)26-21(28)20-11-9-19(10-12-20)17-25-22(23-5-2)24-13-16-27-14-7-6-8-15-27;/h9-12,18H,4-8,13-17H2,1-3H3,(H,26,28)(H2,23,24,25);1H. The van der Waals surface area contributed by atoms with Crippen molar-refractivity contribution >= 4 is 35.8 Å². The maximum Gasteiger partial charge on any atom is 0.251 e. The molecule has 6 nitrogen and oxygen atoms in total. The third kappa shape index (κ3) is 9.80. The van der Waals surface area contributed by atoms with Crippen molar-refractivity contribution in [2.45, 2.75) is 59.0 Å². The first-order chi connectivity index (χ1) is 13.6. The lowest BCUT2D eigenvalue weighted by Gasteiger charge is -2.26. The van der Waals surface area contributed by atoms with E-state index in [0.29, 0.717) is 12.1 Å². The van der Waals surface area contributed by atoms with Crippen molar-refractivity contribution in [1.82, 2.24) is 20.9 Å². The Morgan fingerprint density at radius 1 is 1.10 bits per heavy atom. The van der Waals surface area contributed by atoms with Gasteiger partial charge >= 0.3 is 0 Å². The van der Waals surface area contributed by atoms with Gasteiger partial charge in [0, 0.05) is 31.2 Å². The van der Waals surface area contributed by atoms with E-state index in [4.69, 9.17) is 0 Å². The zero-order chi connectivity index (χ0) is 20.2. The molecule has 0 spiro atoms. The van der Waals surface area contributed by atoms with Crippen LogP contribution >= 0.6 is 24.0 Å². The first-order valence-electron chi connectivity index (χ1n) is 10.8. The minimum Gasteiger partial charge on any atom is -0.357 e. The molecule has 164 valence electrons. The van der Waals surface area contributed by atoms with Crippen molar-refractivity contribution in [3.63, 3.8) is 0 Å². The Bertz CT molecular complexity index is 614. The van der Waals surface area contributed by atoms with E-state index < -0.39 is 0 Å². The zero-order valence-corrected chi connectivity index (χ0v) is 20.5. The van der Waals surface area contributed by atoms with Gasteiger partial charge in [0.15, 0.2) is 5.96 Å². The third-order valence-electron chi connectivity index (χ3n) is 5.14. The predicted octanol–water partition coefficient (Wildman–Crippen LogP) is 3.37. The molecule has 1 unspecified atom stereocenters. The highest BCUT2D eigenvalue weighted by molar-refractivity contribution is 14.0. The average molecular weight is 515 g/mol. The topological polar surface area (TPSA) is 68.8 Å². The number of hydrogen-bond acceptors (Lipinski definition) is 3. The summed E-state index contributed by atoms with van der Waals surface area (Å²) < 4.78 is 0. The van der Waals surface area contributed by atoms with Crippen LogP contribution in [-0.4, -0.2) is 55.5 Å². The molecule has 1 aromatic carbocycles. The minimum absolute atomic E-state index is 0. The van der Waals surface area contributed by atoms with Crippen molar-refractivity contribution in [2.24, 2.45) is 4.99 Å². The number of rotatable bonds is 9. The largest absolute Gasteiger partial charge is 0.357 e.